The highest BCUT2D eigenvalue weighted by Gasteiger charge is 2.28. The van der Waals surface area contributed by atoms with E-state index in [9.17, 15) is 9.59 Å². The van der Waals surface area contributed by atoms with Crippen LogP contribution < -0.4 is 15.5 Å². The molecule has 25 heavy (non-hydrogen) atoms. The third-order valence-electron chi connectivity index (χ3n) is 4.49. The molecule has 0 aliphatic carbocycles. The summed E-state index contributed by atoms with van der Waals surface area (Å²) < 4.78 is 0. The quantitative estimate of drug-likeness (QED) is 0.899. The van der Waals surface area contributed by atoms with Crippen LogP contribution in [0.1, 0.15) is 25.0 Å². The van der Waals surface area contributed by atoms with Crippen LogP contribution in [0.15, 0.2) is 48.5 Å². The van der Waals surface area contributed by atoms with Gasteiger partial charge in [0.2, 0.25) is 5.91 Å². The number of hydrogen-bond acceptors (Lipinski definition) is 2. The van der Waals surface area contributed by atoms with Gasteiger partial charge in [0, 0.05) is 17.9 Å². The first-order chi connectivity index (χ1) is 12.1. The Kier molecular flexibility index (Phi) is 5.03. The molecular weight excluding hydrogens is 314 g/mol. The first-order valence-electron chi connectivity index (χ1n) is 8.64. The number of amides is 3. The van der Waals surface area contributed by atoms with Gasteiger partial charge in [-0.05, 0) is 49.1 Å². The van der Waals surface area contributed by atoms with Crippen molar-refractivity contribution < 1.29 is 9.59 Å². The van der Waals surface area contributed by atoms with E-state index in [1.165, 1.54) is 11.1 Å². The number of para-hydroxylation sites is 1. The fourth-order valence-corrected chi connectivity index (χ4v) is 3.05. The first kappa shape index (κ1) is 17.0. The van der Waals surface area contributed by atoms with Gasteiger partial charge in [-0.25, -0.2) is 4.79 Å². The van der Waals surface area contributed by atoms with Crippen LogP contribution in [0, 0.1) is 0 Å². The van der Waals surface area contributed by atoms with E-state index >= 15 is 0 Å². The Hall–Kier alpha value is -2.82. The number of rotatable bonds is 4. The lowest BCUT2D eigenvalue weighted by atomic mass is 10.1. The van der Waals surface area contributed by atoms with Crippen molar-refractivity contribution in [3.8, 4) is 0 Å². The van der Waals surface area contributed by atoms with Crippen molar-refractivity contribution in [3.63, 3.8) is 0 Å². The second-order valence-electron chi connectivity index (χ2n) is 6.24. The number of nitrogens with zero attached hydrogens (tertiary/aromatic N) is 1. The molecule has 2 N–H and O–H groups in total. The van der Waals surface area contributed by atoms with E-state index in [2.05, 4.69) is 17.6 Å². The monoisotopic (exact) mass is 337 g/mol. The van der Waals surface area contributed by atoms with Gasteiger partial charge in [0.1, 0.15) is 6.04 Å². The highest BCUT2D eigenvalue weighted by Crippen LogP contribution is 2.27. The van der Waals surface area contributed by atoms with Crippen LogP contribution in [-0.4, -0.2) is 24.5 Å². The number of nitrogens with one attached hydrogen (secondary N) is 2. The summed E-state index contributed by atoms with van der Waals surface area (Å²) in [5.74, 6) is -0.0959. The van der Waals surface area contributed by atoms with Crippen molar-refractivity contribution in [2.45, 2.75) is 32.7 Å². The Bertz CT molecular complexity index is 771. The molecule has 1 heterocycles. The van der Waals surface area contributed by atoms with Gasteiger partial charge in [0.05, 0.1) is 0 Å². The molecule has 5 nitrogen and oxygen atoms in total. The van der Waals surface area contributed by atoms with Crippen molar-refractivity contribution in [2.24, 2.45) is 0 Å². The number of anilines is 2. The molecule has 2 aromatic carbocycles. The summed E-state index contributed by atoms with van der Waals surface area (Å²) in [6.07, 6.45) is 1.81. The lowest BCUT2D eigenvalue weighted by Crippen LogP contribution is -2.47. The fraction of sp³-hybridized carbons (Fsp3) is 0.300. The maximum atomic E-state index is 12.7. The average Bonchev–Trinajstić information content (AvgIpc) is 3.05. The predicted molar refractivity (Wildman–Crippen MR) is 99.9 cm³/mol. The zero-order valence-corrected chi connectivity index (χ0v) is 14.6. The number of aryl methyl sites for hydroxylation is 1. The standard InChI is InChI=1S/C20H23N3O2/c1-3-15-8-10-17(11-9-15)22-20(25)21-14(2)19(24)23-13-12-16-6-4-5-7-18(16)23/h4-11,14H,3,12-13H2,1-2H3,(H2,21,22,25)/t14-/m0/s1. The first-order valence-corrected chi connectivity index (χ1v) is 8.64. The Morgan fingerprint density at radius 2 is 1.84 bits per heavy atom. The van der Waals surface area contributed by atoms with Crippen molar-refractivity contribution >= 4 is 23.3 Å². The zero-order valence-electron chi connectivity index (χ0n) is 14.6. The topological polar surface area (TPSA) is 61.4 Å². The molecule has 0 aromatic heterocycles. The van der Waals surface area contributed by atoms with Gasteiger partial charge < -0.3 is 15.5 Å². The van der Waals surface area contributed by atoms with E-state index in [1.807, 2.05) is 48.5 Å². The van der Waals surface area contributed by atoms with Gasteiger partial charge in [-0.3, -0.25) is 4.79 Å². The fourth-order valence-electron chi connectivity index (χ4n) is 3.05. The number of urea groups is 1. The Morgan fingerprint density at radius 1 is 1.12 bits per heavy atom. The molecule has 1 aliphatic rings. The third kappa shape index (κ3) is 3.82. The number of hydrogen-bond donors (Lipinski definition) is 2. The van der Waals surface area contributed by atoms with Crippen LogP contribution >= 0.6 is 0 Å². The number of benzene rings is 2. The molecular formula is C20H23N3O2. The summed E-state index contributed by atoms with van der Waals surface area (Å²) in [7, 11) is 0. The highest BCUT2D eigenvalue weighted by molar-refractivity contribution is 6.01. The van der Waals surface area contributed by atoms with Gasteiger partial charge in [0.15, 0.2) is 0 Å². The van der Waals surface area contributed by atoms with Gasteiger partial charge in [-0.1, -0.05) is 37.3 Å². The lowest BCUT2D eigenvalue weighted by molar-refractivity contribution is -0.119. The van der Waals surface area contributed by atoms with Crippen molar-refractivity contribution in [1.82, 2.24) is 5.32 Å². The second-order valence-corrected chi connectivity index (χ2v) is 6.24. The second kappa shape index (κ2) is 7.38. The molecule has 0 unspecified atom stereocenters. The molecule has 130 valence electrons. The molecule has 0 saturated heterocycles. The minimum absolute atomic E-state index is 0.0959. The molecule has 0 radical (unpaired) electrons. The number of carbonyl (C=O) groups excluding carboxylic acids is 2. The predicted octanol–water partition coefficient (Wildman–Crippen LogP) is 3.35. The largest absolute Gasteiger partial charge is 0.326 e. The van der Waals surface area contributed by atoms with Crippen LogP contribution in [0.3, 0.4) is 0 Å². The molecule has 0 spiro atoms. The minimum atomic E-state index is -0.596. The van der Waals surface area contributed by atoms with E-state index in [0.717, 1.165) is 18.5 Å². The zero-order chi connectivity index (χ0) is 17.8. The smallest absolute Gasteiger partial charge is 0.319 e. The van der Waals surface area contributed by atoms with Crippen molar-refractivity contribution in [2.75, 3.05) is 16.8 Å². The Labute approximate surface area is 148 Å². The summed E-state index contributed by atoms with van der Waals surface area (Å²) in [6.45, 7) is 4.45. The third-order valence-corrected chi connectivity index (χ3v) is 4.49. The molecule has 1 aliphatic heterocycles. The molecule has 3 amide bonds. The molecule has 0 fully saturated rings. The average molecular weight is 337 g/mol. The number of fused-ring (bicyclic) bond motifs is 1. The van der Waals surface area contributed by atoms with Gasteiger partial charge in [0.25, 0.3) is 0 Å². The van der Waals surface area contributed by atoms with Crippen molar-refractivity contribution in [3.05, 3.63) is 59.7 Å². The maximum absolute atomic E-state index is 12.7. The van der Waals surface area contributed by atoms with Crippen LogP contribution in [0.4, 0.5) is 16.2 Å². The SMILES string of the molecule is CCc1ccc(NC(=O)N[C@@H](C)C(=O)N2CCc3ccccc32)cc1. The van der Waals surface area contributed by atoms with Gasteiger partial charge in [-0.15, -0.1) is 0 Å². The van der Waals surface area contributed by atoms with Crippen LogP contribution in [-0.2, 0) is 17.6 Å². The van der Waals surface area contributed by atoms with E-state index in [0.29, 0.717) is 12.2 Å². The summed E-state index contributed by atoms with van der Waals surface area (Å²) >= 11 is 0. The van der Waals surface area contributed by atoms with Gasteiger partial charge >= 0.3 is 6.03 Å². The lowest BCUT2D eigenvalue weighted by Gasteiger charge is -2.22. The molecule has 1 atom stereocenters. The van der Waals surface area contributed by atoms with Gasteiger partial charge in [-0.2, -0.15) is 0 Å². The normalized spacial score (nSPS) is 13.9. The highest BCUT2D eigenvalue weighted by atomic mass is 16.2. The van der Waals surface area contributed by atoms with Crippen LogP contribution in [0.2, 0.25) is 0 Å². The van der Waals surface area contributed by atoms with E-state index in [1.54, 1.807) is 11.8 Å². The molecule has 2 aromatic rings. The van der Waals surface area contributed by atoms with E-state index in [-0.39, 0.29) is 11.9 Å². The number of carbonyl (C=O) groups is 2. The Morgan fingerprint density at radius 3 is 2.56 bits per heavy atom. The van der Waals surface area contributed by atoms with Crippen molar-refractivity contribution in [1.29, 1.82) is 0 Å². The molecule has 5 heteroatoms. The molecule has 0 saturated carbocycles. The minimum Gasteiger partial charge on any atom is -0.326 e. The summed E-state index contributed by atoms with van der Waals surface area (Å²) in [6, 6.07) is 14.6. The van der Waals surface area contributed by atoms with Crippen LogP contribution in [0.5, 0.6) is 0 Å². The van der Waals surface area contributed by atoms with Crippen LogP contribution in [0.25, 0.3) is 0 Å². The Balaban J connectivity index is 1.58. The molecule has 0 bridgehead atoms. The maximum Gasteiger partial charge on any atom is 0.319 e. The van der Waals surface area contributed by atoms with E-state index < -0.39 is 6.04 Å². The summed E-state index contributed by atoms with van der Waals surface area (Å²) in [5, 5.41) is 5.49. The van der Waals surface area contributed by atoms with E-state index in [4.69, 9.17) is 0 Å². The molecule has 3 rings (SSSR count). The summed E-state index contributed by atoms with van der Waals surface area (Å²) in [5.41, 5.74) is 4.03. The summed E-state index contributed by atoms with van der Waals surface area (Å²) in [4.78, 5) is 26.6.